The van der Waals surface area contributed by atoms with Crippen molar-refractivity contribution < 1.29 is 13.9 Å². The van der Waals surface area contributed by atoms with Crippen molar-refractivity contribution in [2.24, 2.45) is 5.92 Å². The summed E-state index contributed by atoms with van der Waals surface area (Å²) in [4.78, 5) is 14.0. The van der Waals surface area contributed by atoms with Crippen LogP contribution in [0.1, 0.15) is 38.9 Å². The fraction of sp³-hybridized carbons (Fsp3) is 0.562. The molecule has 1 aromatic carbocycles. The lowest BCUT2D eigenvalue weighted by Gasteiger charge is -2.31. The summed E-state index contributed by atoms with van der Waals surface area (Å²) in [5.41, 5.74) is 0.745. The molecule has 21 heavy (non-hydrogen) atoms. The van der Waals surface area contributed by atoms with Crippen molar-refractivity contribution in [3.05, 3.63) is 29.6 Å². The number of hydrogen-bond donors (Lipinski definition) is 1. The minimum atomic E-state index is -0.410. The third kappa shape index (κ3) is 3.35. The van der Waals surface area contributed by atoms with Crippen LogP contribution in [0.4, 0.5) is 4.39 Å². The number of rotatable bonds is 5. The van der Waals surface area contributed by atoms with Crippen molar-refractivity contribution in [3.8, 4) is 5.75 Å². The Morgan fingerprint density at radius 3 is 2.71 bits per heavy atom. The molecular weight excluding hydrogens is 271 g/mol. The number of carbonyl (C=O) groups is 1. The molecule has 116 valence electrons. The zero-order valence-corrected chi connectivity index (χ0v) is 13.0. The van der Waals surface area contributed by atoms with Gasteiger partial charge in [0.05, 0.1) is 13.7 Å². The number of carbonyl (C=O) groups excluding carboxylic acids is 1. The van der Waals surface area contributed by atoms with Gasteiger partial charge in [-0.05, 0) is 37.0 Å². The maximum Gasteiger partial charge on any atom is 0.238 e. The van der Waals surface area contributed by atoms with Crippen LogP contribution in [0.5, 0.6) is 5.75 Å². The van der Waals surface area contributed by atoms with Crippen molar-refractivity contribution >= 4 is 5.91 Å². The summed E-state index contributed by atoms with van der Waals surface area (Å²) in [5, 5.41) is 3.16. The van der Waals surface area contributed by atoms with Crippen LogP contribution in [-0.2, 0) is 4.79 Å². The molecule has 1 amide bonds. The second-order valence-corrected chi connectivity index (χ2v) is 5.96. The maximum absolute atomic E-state index is 13.9. The molecule has 0 aliphatic carbocycles. The fourth-order valence-electron chi connectivity index (χ4n) is 2.94. The Hall–Kier alpha value is -1.62. The summed E-state index contributed by atoms with van der Waals surface area (Å²) in [6.07, 6.45) is 0.648. The standard InChI is InChI=1S/C16H23FN2O2/c1-10(2)7-11(3)19-15(20)9-18-16(19)12-5-6-14(21-4)13(17)8-12/h5-6,8,10-11,16,18H,7,9H2,1-4H3. The second-order valence-electron chi connectivity index (χ2n) is 5.96. The highest BCUT2D eigenvalue weighted by Gasteiger charge is 2.35. The molecule has 4 nitrogen and oxygen atoms in total. The number of methoxy groups -OCH3 is 1. The van der Waals surface area contributed by atoms with Crippen LogP contribution in [-0.4, -0.2) is 30.5 Å². The molecule has 0 saturated carbocycles. The van der Waals surface area contributed by atoms with Gasteiger partial charge < -0.3 is 9.64 Å². The topological polar surface area (TPSA) is 41.6 Å². The molecule has 2 atom stereocenters. The monoisotopic (exact) mass is 294 g/mol. The fourth-order valence-corrected chi connectivity index (χ4v) is 2.94. The molecule has 0 bridgehead atoms. The van der Waals surface area contributed by atoms with E-state index in [9.17, 15) is 9.18 Å². The normalized spacial score (nSPS) is 20.2. The Morgan fingerprint density at radius 1 is 1.43 bits per heavy atom. The smallest absolute Gasteiger partial charge is 0.238 e. The predicted octanol–water partition coefficient (Wildman–Crippen LogP) is 2.70. The number of halogens is 1. The van der Waals surface area contributed by atoms with Gasteiger partial charge in [0, 0.05) is 6.04 Å². The van der Waals surface area contributed by atoms with Gasteiger partial charge in [0.1, 0.15) is 6.17 Å². The molecule has 1 fully saturated rings. The first kappa shape index (κ1) is 15.8. The van der Waals surface area contributed by atoms with Gasteiger partial charge in [-0.3, -0.25) is 10.1 Å². The number of nitrogens with zero attached hydrogens (tertiary/aromatic N) is 1. The van der Waals surface area contributed by atoms with Gasteiger partial charge in [0.15, 0.2) is 11.6 Å². The molecule has 5 heteroatoms. The summed E-state index contributed by atoms with van der Waals surface area (Å²) >= 11 is 0. The van der Waals surface area contributed by atoms with E-state index in [4.69, 9.17) is 4.74 Å². The third-order valence-electron chi connectivity index (χ3n) is 3.79. The highest BCUT2D eigenvalue weighted by Crippen LogP contribution is 2.29. The van der Waals surface area contributed by atoms with Crippen molar-refractivity contribution in [1.29, 1.82) is 0 Å². The van der Waals surface area contributed by atoms with E-state index in [0.29, 0.717) is 12.5 Å². The minimum Gasteiger partial charge on any atom is -0.494 e. The van der Waals surface area contributed by atoms with E-state index in [-0.39, 0.29) is 23.9 Å². The van der Waals surface area contributed by atoms with Gasteiger partial charge >= 0.3 is 0 Å². The van der Waals surface area contributed by atoms with Crippen molar-refractivity contribution in [1.82, 2.24) is 10.2 Å². The molecule has 1 aromatic rings. The molecule has 2 rings (SSSR count). The third-order valence-corrected chi connectivity index (χ3v) is 3.79. The first-order valence-electron chi connectivity index (χ1n) is 7.32. The first-order chi connectivity index (χ1) is 9.93. The van der Waals surface area contributed by atoms with E-state index < -0.39 is 5.82 Å². The molecule has 0 radical (unpaired) electrons. The molecule has 1 heterocycles. The number of ether oxygens (including phenoxy) is 1. The Labute approximate surface area is 125 Å². The van der Waals surface area contributed by atoms with Crippen LogP contribution in [0.2, 0.25) is 0 Å². The van der Waals surface area contributed by atoms with Crippen LogP contribution >= 0.6 is 0 Å². The summed E-state index contributed by atoms with van der Waals surface area (Å²) in [5.74, 6) is 0.364. The van der Waals surface area contributed by atoms with Crippen molar-refractivity contribution in [2.75, 3.05) is 13.7 Å². The molecule has 1 aliphatic heterocycles. The number of hydrogen-bond acceptors (Lipinski definition) is 3. The Kier molecular flexibility index (Phi) is 4.83. The second kappa shape index (κ2) is 6.43. The van der Waals surface area contributed by atoms with E-state index in [1.807, 2.05) is 11.8 Å². The first-order valence-corrected chi connectivity index (χ1v) is 7.32. The Balaban J connectivity index is 2.25. The van der Waals surface area contributed by atoms with Crippen molar-refractivity contribution in [3.63, 3.8) is 0 Å². The predicted molar refractivity (Wildman–Crippen MR) is 79.5 cm³/mol. The average molecular weight is 294 g/mol. The summed E-state index contributed by atoms with van der Waals surface area (Å²) in [7, 11) is 1.44. The average Bonchev–Trinajstić information content (AvgIpc) is 2.79. The minimum absolute atomic E-state index is 0.0596. The van der Waals surface area contributed by atoms with Gasteiger partial charge in [-0.1, -0.05) is 19.9 Å². The molecule has 1 aliphatic rings. The zero-order chi connectivity index (χ0) is 15.6. The summed E-state index contributed by atoms with van der Waals surface area (Å²) in [6, 6.07) is 4.94. The van der Waals surface area contributed by atoms with Crippen LogP contribution in [0.3, 0.4) is 0 Å². The van der Waals surface area contributed by atoms with E-state index >= 15 is 0 Å². The van der Waals surface area contributed by atoms with Gasteiger partial charge in [-0.2, -0.15) is 0 Å². The van der Waals surface area contributed by atoms with Crippen molar-refractivity contribution in [2.45, 2.75) is 39.4 Å². The van der Waals surface area contributed by atoms with Gasteiger partial charge in [0.25, 0.3) is 0 Å². The Morgan fingerprint density at radius 2 is 2.14 bits per heavy atom. The lowest BCUT2D eigenvalue weighted by Crippen LogP contribution is -2.38. The molecular formula is C16H23FN2O2. The molecule has 2 unspecified atom stereocenters. The van der Waals surface area contributed by atoms with Crippen LogP contribution in [0.15, 0.2) is 18.2 Å². The summed E-state index contributed by atoms with van der Waals surface area (Å²) in [6.45, 7) is 6.59. The maximum atomic E-state index is 13.9. The van der Waals surface area contributed by atoms with Crippen LogP contribution in [0, 0.1) is 11.7 Å². The van der Waals surface area contributed by atoms with E-state index in [2.05, 4.69) is 19.2 Å². The lowest BCUT2D eigenvalue weighted by atomic mass is 10.0. The largest absolute Gasteiger partial charge is 0.494 e. The molecule has 0 spiro atoms. The summed E-state index contributed by atoms with van der Waals surface area (Å²) < 4.78 is 18.8. The zero-order valence-electron chi connectivity index (χ0n) is 13.0. The van der Waals surface area contributed by atoms with E-state index in [0.717, 1.165) is 12.0 Å². The molecule has 0 aromatic heterocycles. The Bertz CT molecular complexity index is 519. The van der Waals surface area contributed by atoms with E-state index in [1.54, 1.807) is 12.1 Å². The molecule has 1 saturated heterocycles. The van der Waals surface area contributed by atoms with Crippen LogP contribution in [0.25, 0.3) is 0 Å². The number of amides is 1. The number of benzene rings is 1. The van der Waals surface area contributed by atoms with Gasteiger partial charge in [-0.25, -0.2) is 4.39 Å². The quantitative estimate of drug-likeness (QED) is 0.908. The van der Waals surface area contributed by atoms with Crippen LogP contribution < -0.4 is 10.1 Å². The lowest BCUT2D eigenvalue weighted by molar-refractivity contribution is -0.130. The highest BCUT2D eigenvalue weighted by molar-refractivity contribution is 5.81. The highest BCUT2D eigenvalue weighted by atomic mass is 19.1. The molecule has 1 N–H and O–H groups in total. The van der Waals surface area contributed by atoms with E-state index in [1.165, 1.54) is 13.2 Å². The van der Waals surface area contributed by atoms with Gasteiger partial charge in [-0.15, -0.1) is 0 Å². The SMILES string of the molecule is COc1ccc(C2NCC(=O)N2C(C)CC(C)C)cc1F. The number of nitrogens with one attached hydrogen (secondary N) is 1. The van der Waals surface area contributed by atoms with Gasteiger partial charge in [0.2, 0.25) is 5.91 Å².